The van der Waals surface area contributed by atoms with Crippen LogP contribution in [0.4, 0.5) is 0 Å². The molecule has 0 aliphatic heterocycles. The number of hydrogen-bond donors (Lipinski definition) is 0. The molecule has 0 aromatic carbocycles. The summed E-state index contributed by atoms with van der Waals surface area (Å²) in [6.45, 7) is 2.22. The van der Waals surface area contributed by atoms with E-state index in [2.05, 4.69) is 10.1 Å². The molecule has 0 spiro atoms. The lowest BCUT2D eigenvalue weighted by Gasteiger charge is -2.17. The van der Waals surface area contributed by atoms with Gasteiger partial charge in [-0.25, -0.2) is 0 Å². The molecule has 3 atom stereocenters. The third-order valence-electron chi connectivity index (χ3n) is 5.34. The topological polar surface area (TPSA) is 65.2 Å². The van der Waals surface area contributed by atoms with Crippen molar-refractivity contribution in [3.05, 3.63) is 11.7 Å². The second-order valence-electron chi connectivity index (χ2n) is 6.54. The van der Waals surface area contributed by atoms with Crippen molar-refractivity contribution < 1.29 is 14.1 Å². The fourth-order valence-corrected chi connectivity index (χ4v) is 4.04. The van der Waals surface area contributed by atoms with Crippen LogP contribution in [0.25, 0.3) is 0 Å². The monoisotopic (exact) mass is 276 g/mol. The van der Waals surface area contributed by atoms with E-state index in [1.54, 1.807) is 0 Å². The van der Waals surface area contributed by atoms with Crippen LogP contribution in [0, 0.1) is 11.8 Å². The van der Waals surface area contributed by atoms with Crippen molar-refractivity contribution in [3.63, 3.8) is 0 Å². The summed E-state index contributed by atoms with van der Waals surface area (Å²) >= 11 is 0. The highest BCUT2D eigenvalue weighted by Crippen LogP contribution is 2.53. The van der Waals surface area contributed by atoms with Crippen molar-refractivity contribution in [3.8, 4) is 0 Å². The van der Waals surface area contributed by atoms with Crippen molar-refractivity contribution in [2.24, 2.45) is 11.8 Å². The Bertz CT molecular complexity index is 535. The standard InChI is InChI=1S/C15H20N2O3/c1-2-19-14(18)15(5-6-15)13-16-12(17-20-13)11-8-9-3-4-10(11)7-9/h9-11H,2-8H2,1H3. The van der Waals surface area contributed by atoms with Crippen LogP contribution in [0.2, 0.25) is 0 Å². The van der Waals surface area contributed by atoms with Gasteiger partial charge in [0.2, 0.25) is 5.89 Å². The minimum Gasteiger partial charge on any atom is -0.465 e. The molecule has 1 aromatic rings. The molecule has 0 N–H and O–H groups in total. The molecule has 3 saturated carbocycles. The predicted molar refractivity (Wildman–Crippen MR) is 70.0 cm³/mol. The van der Waals surface area contributed by atoms with Gasteiger partial charge in [-0.3, -0.25) is 4.79 Å². The zero-order valence-corrected chi connectivity index (χ0v) is 11.8. The number of hydrogen-bond acceptors (Lipinski definition) is 5. The summed E-state index contributed by atoms with van der Waals surface area (Å²) in [5.41, 5.74) is -0.626. The molecular formula is C15H20N2O3. The molecule has 108 valence electrons. The molecular weight excluding hydrogens is 256 g/mol. The van der Waals surface area contributed by atoms with Crippen molar-refractivity contribution in [1.82, 2.24) is 10.1 Å². The van der Waals surface area contributed by atoms with Gasteiger partial charge in [0, 0.05) is 5.92 Å². The van der Waals surface area contributed by atoms with E-state index >= 15 is 0 Å². The zero-order valence-electron chi connectivity index (χ0n) is 11.8. The van der Waals surface area contributed by atoms with Crippen LogP contribution in [0.5, 0.6) is 0 Å². The fourth-order valence-electron chi connectivity index (χ4n) is 4.04. The van der Waals surface area contributed by atoms with Crippen LogP contribution in [0.3, 0.4) is 0 Å². The van der Waals surface area contributed by atoms with E-state index in [1.165, 1.54) is 25.7 Å². The number of esters is 1. The van der Waals surface area contributed by atoms with E-state index in [1.807, 2.05) is 6.92 Å². The summed E-state index contributed by atoms with van der Waals surface area (Å²) in [5, 5.41) is 4.17. The minimum atomic E-state index is -0.626. The molecule has 0 radical (unpaired) electrons. The Morgan fingerprint density at radius 1 is 1.40 bits per heavy atom. The lowest BCUT2D eigenvalue weighted by Crippen LogP contribution is -2.23. The van der Waals surface area contributed by atoms with Crippen molar-refractivity contribution in [1.29, 1.82) is 0 Å². The Morgan fingerprint density at radius 3 is 2.85 bits per heavy atom. The van der Waals surface area contributed by atoms with E-state index in [-0.39, 0.29) is 5.97 Å². The summed E-state index contributed by atoms with van der Waals surface area (Å²) in [6.07, 6.45) is 6.70. The van der Waals surface area contributed by atoms with Gasteiger partial charge >= 0.3 is 5.97 Å². The second kappa shape index (κ2) is 4.30. The highest BCUT2D eigenvalue weighted by molar-refractivity contribution is 5.85. The van der Waals surface area contributed by atoms with Crippen LogP contribution >= 0.6 is 0 Å². The first-order chi connectivity index (χ1) is 9.73. The average molecular weight is 276 g/mol. The van der Waals surface area contributed by atoms with Crippen LogP contribution < -0.4 is 0 Å². The molecule has 3 aliphatic carbocycles. The van der Waals surface area contributed by atoms with E-state index in [0.29, 0.717) is 18.4 Å². The van der Waals surface area contributed by atoms with Gasteiger partial charge in [-0.1, -0.05) is 11.6 Å². The van der Waals surface area contributed by atoms with Gasteiger partial charge in [0.15, 0.2) is 5.82 Å². The van der Waals surface area contributed by atoms with Crippen LogP contribution in [0.15, 0.2) is 4.52 Å². The molecule has 4 rings (SSSR count). The molecule has 3 unspecified atom stereocenters. The number of ether oxygens (including phenoxy) is 1. The summed E-state index contributed by atoms with van der Waals surface area (Å²) in [7, 11) is 0. The van der Waals surface area contributed by atoms with E-state index < -0.39 is 5.41 Å². The SMILES string of the molecule is CCOC(=O)C1(c2nc(C3CC4CCC3C4)no2)CC1. The maximum absolute atomic E-state index is 12.0. The first-order valence-electron chi connectivity index (χ1n) is 7.74. The molecule has 2 bridgehead atoms. The zero-order chi connectivity index (χ0) is 13.7. The van der Waals surface area contributed by atoms with E-state index in [0.717, 1.165) is 30.5 Å². The van der Waals surface area contributed by atoms with E-state index in [4.69, 9.17) is 9.26 Å². The molecule has 5 heteroatoms. The Balaban J connectivity index is 1.55. The summed E-state index contributed by atoms with van der Waals surface area (Å²) in [4.78, 5) is 16.6. The van der Waals surface area contributed by atoms with Gasteiger partial charge in [0.05, 0.1) is 6.61 Å². The van der Waals surface area contributed by atoms with Crippen molar-refractivity contribution in [2.45, 2.75) is 56.8 Å². The number of nitrogens with zero attached hydrogens (tertiary/aromatic N) is 2. The molecule has 3 aliphatic rings. The molecule has 1 aromatic heterocycles. The summed E-state index contributed by atoms with van der Waals surface area (Å²) in [6, 6.07) is 0. The lowest BCUT2D eigenvalue weighted by molar-refractivity contribution is -0.146. The highest BCUT2D eigenvalue weighted by atomic mass is 16.5. The number of carbonyl (C=O) groups excluding carboxylic acids is 1. The second-order valence-corrected chi connectivity index (χ2v) is 6.54. The van der Waals surface area contributed by atoms with Crippen molar-refractivity contribution in [2.75, 3.05) is 6.61 Å². The molecule has 20 heavy (non-hydrogen) atoms. The number of fused-ring (bicyclic) bond motifs is 2. The van der Waals surface area contributed by atoms with E-state index in [9.17, 15) is 4.79 Å². The third kappa shape index (κ3) is 1.71. The Hall–Kier alpha value is -1.39. The van der Waals surface area contributed by atoms with Crippen molar-refractivity contribution >= 4 is 5.97 Å². The van der Waals surface area contributed by atoms with Gasteiger partial charge < -0.3 is 9.26 Å². The third-order valence-corrected chi connectivity index (χ3v) is 5.34. The number of rotatable bonds is 4. The molecule has 0 amide bonds. The molecule has 3 fully saturated rings. The first kappa shape index (κ1) is 12.4. The van der Waals surface area contributed by atoms with Gasteiger partial charge in [0.25, 0.3) is 0 Å². The fraction of sp³-hybridized carbons (Fsp3) is 0.800. The summed E-state index contributed by atoms with van der Waals surface area (Å²) in [5.74, 6) is 3.12. The predicted octanol–water partition coefficient (Wildman–Crippen LogP) is 2.57. The molecule has 5 nitrogen and oxygen atoms in total. The average Bonchev–Trinajstić information content (AvgIpc) is 2.85. The smallest absolute Gasteiger partial charge is 0.321 e. The molecule has 1 heterocycles. The van der Waals surface area contributed by atoms with Gasteiger partial charge in [-0.05, 0) is 50.9 Å². The maximum Gasteiger partial charge on any atom is 0.321 e. The van der Waals surface area contributed by atoms with Gasteiger partial charge in [-0.15, -0.1) is 0 Å². The first-order valence-corrected chi connectivity index (χ1v) is 7.74. The van der Waals surface area contributed by atoms with Crippen LogP contribution in [-0.4, -0.2) is 22.7 Å². The van der Waals surface area contributed by atoms with Crippen LogP contribution in [-0.2, 0) is 14.9 Å². The number of aromatic nitrogens is 2. The maximum atomic E-state index is 12.0. The number of carbonyl (C=O) groups is 1. The van der Waals surface area contributed by atoms with Gasteiger partial charge in [-0.2, -0.15) is 4.98 Å². The Morgan fingerprint density at radius 2 is 2.25 bits per heavy atom. The Labute approximate surface area is 118 Å². The van der Waals surface area contributed by atoms with Gasteiger partial charge in [0.1, 0.15) is 5.41 Å². The summed E-state index contributed by atoms with van der Waals surface area (Å²) < 4.78 is 10.6. The largest absolute Gasteiger partial charge is 0.465 e. The van der Waals surface area contributed by atoms with Crippen LogP contribution in [0.1, 0.15) is 63.1 Å². The normalized spacial score (nSPS) is 33.4. The minimum absolute atomic E-state index is 0.205. The highest BCUT2D eigenvalue weighted by Gasteiger charge is 2.58. The lowest BCUT2D eigenvalue weighted by atomic mass is 9.88. The Kier molecular flexibility index (Phi) is 2.66. The quantitative estimate of drug-likeness (QED) is 0.791. The molecule has 0 saturated heterocycles.